The maximum atomic E-state index is 12.5. The van der Waals surface area contributed by atoms with Crippen LogP contribution in [0.15, 0.2) is 0 Å². The van der Waals surface area contributed by atoms with Gasteiger partial charge in [-0.15, -0.1) is 0 Å². The first-order chi connectivity index (χ1) is 14.5. The van der Waals surface area contributed by atoms with Crippen LogP contribution in [0.4, 0.5) is 9.59 Å². The molecule has 182 valence electrons. The largest absolute Gasteiger partial charge is 0.445 e. The van der Waals surface area contributed by atoms with Gasteiger partial charge in [-0.05, 0) is 69.5 Å². The van der Waals surface area contributed by atoms with Crippen molar-refractivity contribution in [3.05, 3.63) is 0 Å². The number of carbonyl (C=O) groups excluding carboxylic acids is 2. The van der Waals surface area contributed by atoms with Crippen molar-refractivity contribution in [3.63, 3.8) is 0 Å². The fourth-order valence-corrected chi connectivity index (χ4v) is 4.69. The summed E-state index contributed by atoms with van der Waals surface area (Å²) in [6, 6.07) is 0. The lowest BCUT2D eigenvalue weighted by Crippen LogP contribution is -2.38. The zero-order valence-corrected chi connectivity index (χ0v) is 22.6. The number of alkyl halides is 3. The summed E-state index contributed by atoms with van der Waals surface area (Å²) in [5.74, 6) is 3.75. The first-order valence-corrected chi connectivity index (χ1v) is 14.0. The molecule has 0 spiro atoms. The molecule has 0 radical (unpaired) electrons. The molecule has 1 aliphatic rings. The molecule has 1 heterocycles. The van der Waals surface area contributed by atoms with E-state index in [4.69, 9.17) is 44.3 Å². The van der Waals surface area contributed by atoms with Crippen LogP contribution in [-0.2, 0) is 9.47 Å². The quantitative estimate of drug-likeness (QED) is 0.378. The molecule has 1 saturated heterocycles. The highest BCUT2D eigenvalue weighted by atomic mass is 35.6. The van der Waals surface area contributed by atoms with E-state index in [1.54, 1.807) is 4.90 Å². The van der Waals surface area contributed by atoms with Crippen LogP contribution in [0, 0.1) is 0 Å². The Bertz CT molecular complexity index is 527. The van der Waals surface area contributed by atoms with Crippen molar-refractivity contribution in [2.24, 2.45) is 0 Å². The molecule has 0 aromatic rings. The molecule has 1 fully saturated rings. The smallest absolute Gasteiger partial charge is 0.410 e. The van der Waals surface area contributed by atoms with Gasteiger partial charge in [-0.1, -0.05) is 34.8 Å². The SMILES string of the molecule is CC(C)(C)OC(=O)N1CCCSCCCN(C(=O)OCC(Cl)(Cl)Cl)CCCSCCC1. The first kappa shape index (κ1) is 29.1. The summed E-state index contributed by atoms with van der Waals surface area (Å²) in [6.07, 6.45) is 2.87. The van der Waals surface area contributed by atoms with Crippen molar-refractivity contribution in [2.45, 2.75) is 55.8 Å². The van der Waals surface area contributed by atoms with Crippen LogP contribution in [0.3, 0.4) is 0 Å². The molecule has 0 saturated carbocycles. The summed E-state index contributed by atoms with van der Waals surface area (Å²) in [4.78, 5) is 28.4. The molecule has 0 atom stereocenters. The number of nitrogens with zero attached hydrogens (tertiary/aromatic N) is 2. The van der Waals surface area contributed by atoms with Crippen molar-refractivity contribution in [1.82, 2.24) is 9.80 Å². The number of ether oxygens (including phenoxy) is 2. The topological polar surface area (TPSA) is 59.1 Å². The number of rotatable bonds is 1. The first-order valence-electron chi connectivity index (χ1n) is 10.6. The Morgan fingerprint density at radius 3 is 1.52 bits per heavy atom. The molecule has 0 aromatic carbocycles. The highest BCUT2D eigenvalue weighted by molar-refractivity contribution is 7.99. The standard InChI is InChI=1S/C20H35Cl3N2O4S2/c1-19(2,3)29-18(27)25-10-6-14-30-12-4-8-24(9-5-13-31-15-7-11-25)17(26)28-16-20(21,22)23/h4-16H2,1-3H3. The van der Waals surface area contributed by atoms with E-state index in [0.717, 1.165) is 48.7 Å². The lowest BCUT2D eigenvalue weighted by atomic mass is 10.2. The number of thioether (sulfide) groups is 2. The summed E-state index contributed by atoms with van der Waals surface area (Å²) in [7, 11) is 0. The summed E-state index contributed by atoms with van der Waals surface area (Å²) >= 11 is 20.7. The van der Waals surface area contributed by atoms with E-state index >= 15 is 0 Å². The van der Waals surface area contributed by atoms with E-state index in [0.29, 0.717) is 26.2 Å². The number of carbonyl (C=O) groups is 2. The molecule has 2 amide bonds. The molecule has 31 heavy (non-hydrogen) atoms. The van der Waals surface area contributed by atoms with Gasteiger partial charge in [-0.25, -0.2) is 9.59 Å². The van der Waals surface area contributed by atoms with E-state index in [2.05, 4.69) is 0 Å². The Morgan fingerprint density at radius 2 is 1.16 bits per heavy atom. The fourth-order valence-electron chi connectivity index (χ4n) is 2.78. The normalized spacial score (nSPS) is 19.0. The van der Waals surface area contributed by atoms with Gasteiger partial charge in [0.25, 0.3) is 0 Å². The zero-order chi connectivity index (χ0) is 23.3. The number of halogens is 3. The molecule has 1 rings (SSSR count). The number of amides is 2. The van der Waals surface area contributed by atoms with Crippen molar-refractivity contribution in [1.29, 1.82) is 0 Å². The van der Waals surface area contributed by atoms with Crippen LogP contribution < -0.4 is 0 Å². The van der Waals surface area contributed by atoms with E-state index in [1.165, 1.54) is 0 Å². The molecular formula is C20H35Cl3N2O4S2. The van der Waals surface area contributed by atoms with Gasteiger partial charge >= 0.3 is 12.2 Å². The van der Waals surface area contributed by atoms with Gasteiger partial charge in [0.15, 0.2) is 0 Å². The second kappa shape index (κ2) is 15.1. The van der Waals surface area contributed by atoms with Crippen LogP contribution in [0.2, 0.25) is 0 Å². The molecule has 1 aliphatic heterocycles. The summed E-state index contributed by atoms with van der Waals surface area (Å²) in [5.41, 5.74) is -0.484. The highest BCUT2D eigenvalue weighted by Gasteiger charge is 2.24. The Labute approximate surface area is 210 Å². The molecule has 0 aliphatic carbocycles. The van der Waals surface area contributed by atoms with Gasteiger partial charge in [0.2, 0.25) is 3.79 Å². The van der Waals surface area contributed by atoms with E-state index < -0.39 is 15.5 Å². The van der Waals surface area contributed by atoms with Gasteiger partial charge in [-0.2, -0.15) is 23.5 Å². The minimum atomic E-state index is -1.60. The average molecular weight is 538 g/mol. The predicted octanol–water partition coefficient (Wildman–Crippen LogP) is 6.07. The molecule has 6 nitrogen and oxygen atoms in total. The van der Waals surface area contributed by atoms with Crippen LogP contribution >= 0.6 is 58.3 Å². The fraction of sp³-hybridized carbons (Fsp3) is 0.900. The van der Waals surface area contributed by atoms with Crippen molar-refractivity contribution in [3.8, 4) is 0 Å². The summed E-state index contributed by atoms with van der Waals surface area (Å²) < 4.78 is 9.10. The molecule has 11 heteroatoms. The van der Waals surface area contributed by atoms with Crippen molar-refractivity contribution >= 4 is 70.5 Å². The molecule has 0 bridgehead atoms. The van der Waals surface area contributed by atoms with Crippen LogP contribution in [0.25, 0.3) is 0 Å². The van der Waals surface area contributed by atoms with E-state index in [9.17, 15) is 9.59 Å². The van der Waals surface area contributed by atoms with Crippen molar-refractivity contribution < 1.29 is 19.1 Å². The maximum absolute atomic E-state index is 12.5. The monoisotopic (exact) mass is 536 g/mol. The van der Waals surface area contributed by atoms with Crippen molar-refractivity contribution in [2.75, 3.05) is 55.8 Å². The maximum Gasteiger partial charge on any atom is 0.410 e. The van der Waals surface area contributed by atoms with Gasteiger partial charge in [0.1, 0.15) is 12.2 Å². The molecule has 0 aromatic heterocycles. The zero-order valence-electron chi connectivity index (χ0n) is 18.7. The average Bonchev–Trinajstić information content (AvgIpc) is 2.64. The number of hydrogen-bond donors (Lipinski definition) is 0. The van der Waals surface area contributed by atoms with E-state index in [1.807, 2.05) is 49.2 Å². The Hall–Kier alpha value is 0.110. The van der Waals surface area contributed by atoms with Gasteiger partial charge < -0.3 is 19.3 Å². The molecule has 0 N–H and O–H groups in total. The molecular weight excluding hydrogens is 503 g/mol. The third kappa shape index (κ3) is 15.6. The minimum Gasteiger partial charge on any atom is -0.445 e. The van der Waals surface area contributed by atoms with E-state index in [-0.39, 0.29) is 12.7 Å². The highest BCUT2D eigenvalue weighted by Crippen LogP contribution is 2.26. The Morgan fingerprint density at radius 1 is 0.774 bits per heavy atom. The second-order valence-electron chi connectivity index (χ2n) is 8.26. The second-order valence-corrected chi connectivity index (χ2v) is 13.2. The summed E-state index contributed by atoms with van der Waals surface area (Å²) in [6.45, 7) is 8.03. The lowest BCUT2D eigenvalue weighted by molar-refractivity contribution is 0.0251. The predicted molar refractivity (Wildman–Crippen MR) is 134 cm³/mol. The van der Waals surface area contributed by atoms with Crippen LogP contribution in [-0.4, -0.2) is 87.2 Å². The van der Waals surface area contributed by atoms with Gasteiger partial charge in [0.05, 0.1) is 0 Å². The Kier molecular flexibility index (Phi) is 14.2. The third-order valence-corrected chi connectivity index (χ3v) is 6.77. The van der Waals surface area contributed by atoms with Gasteiger partial charge in [-0.3, -0.25) is 0 Å². The molecule has 0 unspecified atom stereocenters. The van der Waals surface area contributed by atoms with Gasteiger partial charge in [0, 0.05) is 26.2 Å². The van der Waals surface area contributed by atoms with Crippen LogP contribution in [0.5, 0.6) is 0 Å². The van der Waals surface area contributed by atoms with Crippen LogP contribution in [0.1, 0.15) is 46.5 Å². The Balaban J connectivity index is 2.53. The number of hydrogen-bond acceptors (Lipinski definition) is 6. The minimum absolute atomic E-state index is 0.229. The lowest BCUT2D eigenvalue weighted by Gasteiger charge is -2.27. The summed E-state index contributed by atoms with van der Waals surface area (Å²) in [5, 5.41) is 0. The third-order valence-electron chi connectivity index (χ3n) is 4.14.